The van der Waals surface area contributed by atoms with Gasteiger partial charge in [0.2, 0.25) is 0 Å². The Morgan fingerprint density at radius 2 is 2.29 bits per heavy atom. The molecule has 2 rings (SSSR count). The van der Waals surface area contributed by atoms with Gasteiger partial charge in [0, 0.05) is 20.1 Å². The standard InChI is InChI=1S/C12H21N3O2/c1-17-8-6-12-11(9-16)13-14-15(12)7-5-10-3-2-4-10/h10,16H,2-9H2,1H3. The van der Waals surface area contributed by atoms with Crippen molar-refractivity contribution in [1.29, 1.82) is 0 Å². The summed E-state index contributed by atoms with van der Waals surface area (Å²) in [5.74, 6) is 0.868. The third-order valence-electron chi connectivity index (χ3n) is 3.58. The Kier molecular flexibility index (Phi) is 4.50. The molecule has 0 aliphatic heterocycles. The second-order valence-corrected chi connectivity index (χ2v) is 4.69. The molecule has 5 heteroatoms. The first kappa shape index (κ1) is 12.5. The predicted molar refractivity (Wildman–Crippen MR) is 63.5 cm³/mol. The molecule has 0 radical (unpaired) electrons. The molecule has 0 atom stereocenters. The van der Waals surface area contributed by atoms with Gasteiger partial charge in [-0.05, 0) is 12.3 Å². The molecule has 1 fully saturated rings. The molecule has 1 aliphatic carbocycles. The van der Waals surface area contributed by atoms with Gasteiger partial charge in [-0.2, -0.15) is 0 Å². The summed E-state index contributed by atoms with van der Waals surface area (Å²) in [4.78, 5) is 0. The highest BCUT2D eigenvalue weighted by molar-refractivity contribution is 5.09. The zero-order valence-corrected chi connectivity index (χ0v) is 10.4. The maximum absolute atomic E-state index is 9.21. The SMILES string of the molecule is COCCc1c(CO)nnn1CCC1CCC1. The van der Waals surface area contributed by atoms with Gasteiger partial charge in [-0.3, -0.25) is 0 Å². The lowest BCUT2D eigenvalue weighted by Gasteiger charge is -2.25. The molecular weight excluding hydrogens is 218 g/mol. The average molecular weight is 239 g/mol. The Hall–Kier alpha value is -0.940. The zero-order valence-electron chi connectivity index (χ0n) is 10.4. The molecule has 1 aromatic rings. The van der Waals surface area contributed by atoms with Crippen molar-refractivity contribution in [1.82, 2.24) is 15.0 Å². The quantitative estimate of drug-likeness (QED) is 0.775. The molecule has 1 heterocycles. The summed E-state index contributed by atoms with van der Waals surface area (Å²) in [5.41, 5.74) is 1.71. The molecule has 96 valence electrons. The van der Waals surface area contributed by atoms with E-state index in [9.17, 15) is 5.11 Å². The smallest absolute Gasteiger partial charge is 0.111 e. The van der Waals surface area contributed by atoms with Gasteiger partial charge in [0.15, 0.2) is 0 Å². The van der Waals surface area contributed by atoms with Gasteiger partial charge in [0.1, 0.15) is 5.69 Å². The van der Waals surface area contributed by atoms with Crippen LogP contribution in [0.15, 0.2) is 0 Å². The highest BCUT2D eigenvalue weighted by Gasteiger charge is 2.18. The van der Waals surface area contributed by atoms with E-state index in [0.717, 1.165) is 24.6 Å². The van der Waals surface area contributed by atoms with E-state index in [1.807, 2.05) is 4.68 Å². The van der Waals surface area contributed by atoms with Crippen molar-refractivity contribution < 1.29 is 9.84 Å². The summed E-state index contributed by atoms with van der Waals surface area (Å²) in [6.07, 6.45) is 6.03. The van der Waals surface area contributed by atoms with E-state index in [1.165, 1.54) is 25.7 Å². The number of aliphatic hydroxyl groups is 1. The fourth-order valence-corrected chi connectivity index (χ4v) is 2.23. The topological polar surface area (TPSA) is 60.2 Å². The molecular formula is C12H21N3O2. The van der Waals surface area contributed by atoms with Gasteiger partial charge in [-0.25, -0.2) is 4.68 Å². The van der Waals surface area contributed by atoms with Crippen LogP contribution in [0.25, 0.3) is 0 Å². The first-order chi connectivity index (χ1) is 8.35. The van der Waals surface area contributed by atoms with Crippen molar-refractivity contribution in [2.24, 2.45) is 5.92 Å². The molecule has 0 amide bonds. The number of aromatic nitrogens is 3. The first-order valence-corrected chi connectivity index (χ1v) is 6.36. The number of hydrogen-bond donors (Lipinski definition) is 1. The monoisotopic (exact) mass is 239 g/mol. The predicted octanol–water partition coefficient (Wildman–Crippen LogP) is 1.15. The molecule has 1 aliphatic rings. The maximum Gasteiger partial charge on any atom is 0.111 e. The minimum absolute atomic E-state index is 0.0392. The van der Waals surface area contributed by atoms with E-state index < -0.39 is 0 Å². The van der Waals surface area contributed by atoms with Crippen LogP contribution in [-0.4, -0.2) is 33.8 Å². The van der Waals surface area contributed by atoms with Gasteiger partial charge in [0.25, 0.3) is 0 Å². The number of ether oxygens (including phenoxy) is 1. The fraction of sp³-hybridized carbons (Fsp3) is 0.833. The van der Waals surface area contributed by atoms with Gasteiger partial charge in [-0.15, -0.1) is 5.10 Å². The van der Waals surface area contributed by atoms with Crippen LogP contribution in [0.1, 0.15) is 37.1 Å². The lowest BCUT2D eigenvalue weighted by Crippen LogP contribution is -2.16. The lowest BCUT2D eigenvalue weighted by atomic mass is 9.83. The summed E-state index contributed by atoms with van der Waals surface area (Å²) < 4.78 is 7.01. The van der Waals surface area contributed by atoms with Crippen molar-refractivity contribution in [3.8, 4) is 0 Å². The van der Waals surface area contributed by atoms with Gasteiger partial charge < -0.3 is 9.84 Å². The van der Waals surface area contributed by atoms with E-state index in [2.05, 4.69) is 10.3 Å². The Morgan fingerprint density at radius 1 is 1.47 bits per heavy atom. The van der Waals surface area contributed by atoms with Crippen LogP contribution in [0, 0.1) is 5.92 Å². The number of hydrogen-bond acceptors (Lipinski definition) is 4. The minimum Gasteiger partial charge on any atom is -0.390 e. The third-order valence-corrected chi connectivity index (χ3v) is 3.58. The van der Waals surface area contributed by atoms with Crippen LogP contribution in [0.4, 0.5) is 0 Å². The van der Waals surface area contributed by atoms with Crippen LogP contribution in [0.2, 0.25) is 0 Å². The van der Waals surface area contributed by atoms with E-state index in [-0.39, 0.29) is 6.61 Å². The number of methoxy groups -OCH3 is 1. The summed E-state index contributed by atoms with van der Waals surface area (Å²) in [6.45, 7) is 1.52. The molecule has 1 saturated carbocycles. The summed E-state index contributed by atoms with van der Waals surface area (Å²) in [7, 11) is 1.68. The molecule has 0 unspecified atom stereocenters. The number of nitrogens with zero attached hydrogens (tertiary/aromatic N) is 3. The highest BCUT2D eigenvalue weighted by Crippen LogP contribution is 2.29. The number of rotatable bonds is 7. The van der Waals surface area contributed by atoms with Crippen molar-refractivity contribution in [2.75, 3.05) is 13.7 Å². The molecule has 0 aromatic carbocycles. The lowest BCUT2D eigenvalue weighted by molar-refractivity contribution is 0.198. The summed E-state index contributed by atoms with van der Waals surface area (Å²) in [6, 6.07) is 0. The molecule has 0 saturated heterocycles. The van der Waals surface area contributed by atoms with Crippen LogP contribution < -0.4 is 0 Å². The van der Waals surface area contributed by atoms with Crippen LogP contribution >= 0.6 is 0 Å². The van der Waals surface area contributed by atoms with Crippen molar-refractivity contribution >= 4 is 0 Å². The second kappa shape index (κ2) is 6.12. The van der Waals surface area contributed by atoms with Gasteiger partial charge in [-0.1, -0.05) is 24.5 Å². The van der Waals surface area contributed by atoms with E-state index in [1.54, 1.807) is 7.11 Å². The van der Waals surface area contributed by atoms with Crippen molar-refractivity contribution in [2.45, 2.75) is 45.3 Å². The molecule has 17 heavy (non-hydrogen) atoms. The fourth-order valence-electron chi connectivity index (χ4n) is 2.23. The van der Waals surface area contributed by atoms with E-state index in [0.29, 0.717) is 12.3 Å². The van der Waals surface area contributed by atoms with Crippen molar-refractivity contribution in [3.63, 3.8) is 0 Å². The van der Waals surface area contributed by atoms with E-state index in [4.69, 9.17) is 4.74 Å². The third kappa shape index (κ3) is 3.04. The Labute approximate surface area is 102 Å². The summed E-state index contributed by atoms with van der Waals surface area (Å²) >= 11 is 0. The van der Waals surface area contributed by atoms with E-state index >= 15 is 0 Å². The number of aryl methyl sites for hydroxylation is 1. The van der Waals surface area contributed by atoms with Crippen LogP contribution in [0.3, 0.4) is 0 Å². The number of aliphatic hydroxyl groups excluding tert-OH is 1. The van der Waals surface area contributed by atoms with Gasteiger partial charge >= 0.3 is 0 Å². The maximum atomic E-state index is 9.21. The Morgan fingerprint density at radius 3 is 2.88 bits per heavy atom. The largest absolute Gasteiger partial charge is 0.390 e. The minimum atomic E-state index is -0.0392. The first-order valence-electron chi connectivity index (χ1n) is 6.36. The normalized spacial score (nSPS) is 16.1. The highest BCUT2D eigenvalue weighted by atomic mass is 16.5. The molecule has 0 spiro atoms. The average Bonchev–Trinajstić information content (AvgIpc) is 2.66. The van der Waals surface area contributed by atoms with Gasteiger partial charge in [0.05, 0.1) is 18.9 Å². The molecule has 0 bridgehead atoms. The van der Waals surface area contributed by atoms with Crippen molar-refractivity contribution in [3.05, 3.63) is 11.4 Å². The van der Waals surface area contributed by atoms with Crippen LogP contribution in [0.5, 0.6) is 0 Å². The Bertz CT molecular complexity index is 348. The Balaban J connectivity index is 1.95. The zero-order chi connectivity index (χ0) is 12.1. The van der Waals surface area contributed by atoms with Crippen LogP contribution in [-0.2, 0) is 24.3 Å². The summed E-state index contributed by atoms with van der Waals surface area (Å²) in [5, 5.41) is 17.3. The molecule has 5 nitrogen and oxygen atoms in total. The molecule has 1 N–H and O–H groups in total. The second-order valence-electron chi connectivity index (χ2n) is 4.69. The molecule has 1 aromatic heterocycles.